The van der Waals surface area contributed by atoms with Crippen molar-refractivity contribution < 1.29 is 31.2 Å². The van der Waals surface area contributed by atoms with Gasteiger partial charge in [-0.3, -0.25) is 13.9 Å². The molecule has 0 spiro atoms. The molecule has 0 aromatic heterocycles. The number of rotatable bonds is 12. The van der Waals surface area contributed by atoms with Crippen LogP contribution in [0.1, 0.15) is 42.5 Å². The summed E-state index contributed by atoms with van der Waals surface area (Å²) in [7, 11) is -4.30. The number of nitrogens with one attached hydrogen (secondary N) is 1. The molecule has 0 aliphatic carbocycles. The molecule has 7 nitrogen and oxygen atoms in total. The Morgan fingerprint density at radius 3 is 2.16 bits per heavy atom. The highest BCUT2D eigenvalue weighted by molar-refractivity contribution is 7.92. The number of benzene rings is 3. The van der Waals surface area contributed by atoms with E-state index in [-0.39, 0.29) is 24.0 Å². The molecule has 2 atom stereocenters. The van der Waals surface area contributed by atoms with Crippen LogP contribution in [-0.2, 0) is 38.8 Å². The monoisotopic (exact) mass is 637 g/mol. The first-order valence-corrected chi connectivity index (χ1v) is 15.9. The number of carbonyl (C=O) groups is 2. The molecule has 2 amide bonds. The van der Waals surface area contributed by atoms with Gasteiger partial charge in [0.1, 0.15) is 12.6 Å². The summed E-state index contributed by atoms with van der Waals surface area (Å²) in [5, 5.41) is 2.63. The van der Waals surface area contributed by atoms with Gasteiger partial charge in [0, 0.05) is 19.0 Å². The second-order valence-corrected chi connectivity index (χ2v) is 12.8. The lowest BCUT2D eigenvalue weighted by Crippen LogP contribution is -2.54. The number of hydrogen-bond donors (Lipinski definition) is 1. The van der Waals surface area contributed by atoms with E-state index >= 15 is 0 Å². The Morgan fingerprint density at radius 2 is 1.60 bits per heavy atom. The van der Waals surface area contributed by atoms with Crippen molar-refractivity contribution in [2.45, 2.75) is 58.4 Å². The Hall–Kier alpha value is -3.57. The largest absolute Gasteiger partial charge is 0.416 e. The molecule has 0 aliphatic heterocycles. The summed E-state index contributed by atoms with van der Waals surface area (Å²) in [6.45, 7) is 4.68. The van der Waals surface area contributed by atoms with Crippen LogP contribution >= 0.6 is 11.6 Å². The van der Waals surface area contributed by atoms with E-state index in [0.29, 0.717) is 22.4 Å². The van der Waals surface area contributed by atoms with Crippen LogP contribution in [-0.4, -0.2) is 50.0 Å². The van der Waals surface area contributed by atoms with Gasteiger partial charge >= 0.3 is 6.18 Å². The van der Waals surface area contributed by atoms with Crippen molar-refractivity contribution >= 4 is 39.1 Å². The molecule has 0 fully saturated rings. The number of hydrogen-bond acceptors (Lipinski definition) is 4. The molecule has 0 heterocycles. The molecule has 1 N–H and O–H groups in total. The summed E-state index contributed by atoms with van der Waals surface area (Å²) < 4.78 is 66.9. The SMILES string of the molecule is CC[C@@H](C)NC(=O)[C@@H](Cc1ccccc1)N(Cc1ccc(C)cc1)C(=O)CN(c1cc(C(F)(F)F)ccc1Cl)S(C)(=O)=O. The maximum atomic E-state index is 14.1. The van der Waals surface area contributed by atoms with Crippen molar-refractivity contribution in [2.75, 3.05) is 17.1 Å². The molecule has 0 aliphatic rings. The summed E-state index contributed by atoms with van der Waals surface area (Å²) >= 11 is 6.19. The maximum absolute atomic E-state index is 14.1. The summed E-state index contributed by atoms with van der Waals surface area (Å²) in [5.74, 6) is -1.23. The van der Waals surface area contributed by atoms with Gasteiger partial charge < -0.3 is 10.2 Å². The third kappa shape index (κ3) is 9.46. The number of halogens is 4. The van der Waals surface area contributed by atoms with Gasteiger partial charge in [-0.05, 0) is 49.6 Å². The van der Waals surface area contributed by atoms with Crippen molar-refractivity contribution in [1.29, 1.82) is 0 Å². The third-order valence-electron chi connectivity index (χ3n) is 6.97. The zero-order valence-corrected chi connectivity index (χ0v) is 25.9. The fraction of sp³-hybridized carbons (Fsp3) is 0.355. The first kappa shape index (κ1) is 33.9. The second kappa shape index (κ2) is 14.3. The lowest BCUT2D eigenvalue weighted by Gasteiger charge is -2.34. The molecule has 3 rings (SSSR count). The number of anilines is 1. The van der Waals surface area contributed by atoms with Gasteiger partial charge in [0.15, 0.2) is 0 Å². The Morgan fingerprint density at radius 1 is 0.977 bits per heavy atom. The summed E-state index contributed by atoms with van der Waals surface area (Å²) in [5.41, 5.74) is 0.788. The molecule has 43 heavy (non-hydrogen) atoms. The standard InChI is InChI=1S/C31H35ClF3N3O4S/c1-5-22(3)36-30(40)28(17-23-9-7-6-8-10-23)37(19-24-13-11-21(2)12-14-24)29(39)20-38(43(4,41)42)27-18-25(31(33,34)35)15-16-26(27)32/h6-16,18,22,28H,5,17,19-20H2,1-4H3,(H,36,40)/t22-,28-/m1/s1. The van der Waals surface area contributed by atoms with Gasteiger partial charge in [-0.2, -0.15) is 13.2 Å². The third-order valence-corrected chi connectivity index (χ3v) is 8.41. The normalized spacial score (nSPS) is 13.2. The Balaban J connectivity index is 2.11. The van der Waals surface area contributed by atoms with E-state index in [1.165, 1.54) is 4.90 Å². The number of carbonyl (C=O) groups excluding carboxylic acids is 2. The fourth-order valence-electron chi connectivity index (χ4n) is 4.36. The lowest BCUT2D eigenvalue weighted by molar-refractivity contribution is -0.140. The topological polar surface area (TPSA) is 86.8 Å². The molecule has 3 aromatic carbocycles. The zero-order chi connectivity index (χ0) is 31.9. The maximum Gasteiger partial charge on any atom is 0.416 e. The molecular weight excluding hydrogens is 603 g/mol. The van der Waals surface area contributed by atoms with Crippen molar-refractivity contribution in [3.8, 4) is 0 Å². The molecular formula is C31H35ClF3N3O4S. The Labute approximate surface area is 255 Å². The number of aryl methyl sites for hydroxylation is 1. The van der Waals surface area contributed by atoms with Crippen LogP contribution in [0.2, 0.25) is 5.02 Å². The van der Waals surface area contributed by atoms with Gasteiger partial charge in [-0.15, -0.1) is 0 Å². The van der Waals surface area contributed by atoms with E-state index in [1.807, 2.05) is 51.1 Å². The number of amides is 2. The van der Waals surface area contributed by atoms with Gasteiger partial charge in [0.2, 0.25) is 21.8 Å². The molecule has 0 radical (unpaired) electrons. The van der Waals surface area contributed by atoms with Crippen molar-refractivity contribution in [2.24, 2.45) is 0 Å². The number of alkyl halides is 3. The molecule has 12 heteroatoms. The van der Waals surface area contributed by atoms with Crippen molar-refractivity contribution in [3.63, 3.8) is 0 Å². The molecule has 0 bridgehead atoms. The first-order valence-electron chi connectivity index (χ1n) is 13.6. The average molecular weight is 638 g/mol. The van der Waals surface area contributed by atoms with E-state index in [2.05, 4.69) is 5.32 Å². The van der Waals surface area contributed by atoms with Gasteiger partial charge in [-0.25, -0.2) is 8.42 Å². The van der Waals surface area contributed by atoms with E-state index in [1.54, 1.807) is 24.3 Å². The van der Waals surface area contributed by atoms with E-state index < -0.39 is 51.9 Å². The number of nitrogens with zero attached hydrogens (tertiary/aromatic N) is 2. The van der Waals surface area contributed by atoms with Crippen molar-refractivity contribution in [3.05, 3.63) is 100 Å². The minimum atomic E-state index is -4.78. The van der Waals surface area contributed by atoms with Crippen LogP contribution < -0.4 is 9.62 Å². The quantitative estimate of drug-likeness (QED) is 0.264. The van der Waals surface area contributed by atoms with Crippen LogP contribution in [0.25, 0.3) is 0 Å². The van der Waals surface area contributed by atoms with Gasteiger partial charge in [-0.1, -0.05) is 78.7 Å². The van der Waals surface area contributed by atoms with Crippen LogP contribution in [0.4, 0.5) is 18.9 Å². The van der Waals surface area contributed by atoms with Gasteiger partial charge in [0.25, 0.3) is 0 Å². The summed E-state index contributed by atoms with van der Waals surface area (Å²) in [4.78, 5) is 29.1. The minimum Gasteiger partial charge on any atom is -0.352 e. The lowest BCUT2D eigenvalue weighted by atomic mass is 10.0. The Bertz CT molecular complexity index is 1520. The average Bonchev–Trinajstić information content (AvgIpc) is 2.94. The molecule has 0 unspecified atom stereocenters. The smallest absolute Gasteiger partial charge is 0.352 e. The molecule has 0 saturated heterocycles. The first-order chi connectivity index (χ1) is 20.1. The van der Waals surface area contributed by atoms with Crippen LogP contribution in [0.15, 0.2) is 72.8 Å². The van der Waals surface area contributed by atoms with E-state index in [4.69, 9.17) is 11.6 Å². The van der Waals surface area contributed by atoms with E-state index in [9.17, 15) is 31.2 Å². The highest BCUT2D eigenvalue weighted by Gasteiger charge is 2.36. The summed E-state index contributed by atoms with van der Waals surface area (Å²) in [6, 6.07) is 17.3. The summed E-state index contributed by atoms with van der Waals surface area (Å²) in [6.07, 6.45) is -3.26. The van der Waals surface area contributed by atoms with Gasteiger partial charge in [0.05, 0.1) is 22.5 Å². The molecule has 232 valence electrons. The van der Waals surface area contributed by atoms with Crippen LogP contribution in [0.5, 0.6) is 0 Å². The molecule has 0 saturated carbocycles. The predicted octanol–water partition coefficient (Wildman–Crippen LogP) is 5.99. The highest BCUT2D eigenvalue weighted by Crippen LogP contribution is 2.36. The van der Waals surface area contributed by atoms with Crippen LogP contribution in [0, 0.1) is 6.92 Å². The fourth-order valence-corrected chi connectivity index (χ4v) is 5.48. The Kier molecular flexibility index (Phi) is 11.3. The van der Waals surface area contributed by atoms with E-state index in [0.717, 1.165) is 29.5 Å². The molecule has 3 aromatic rings. The highest BCUT2D eigenvalue weighted by atomic mass is 35.5. The van der Waals surface area contributed by atoms with Crippen LogP contribution in [0.3, 0.4) is 0 Å². The zero-order valence-electron chi connectivity index (χ0n) is 24.4. The van der Waals surface area contributed by atoms with Crippen molar-refractivity contribution in [1.82, 2.24) is 10.2 Å². The second-order valence-electron chi connectivity index (χ2n) is 10.5. The predicted molar refractivity (Wildman–Crippen MR) is 162 cm³/mol. The number of sulfonamides is 1. The minimum absolute atomic E-state index is 0.0571.